The number of halogens is 1. The van der Waals surface area contributed by atoms with Gasteiger partial charge in [0.25, 0.3) is 0 Å². The summed E-state index contributed by atoms with van der Waals surface area (Å²) in [6, 6.07) is 7.14. The minimum Gasteiger partial charge on any atom is -0.383 e. The molecule has 1 unspecified atom stereocenters. The van der Waals surface area contributed by atoms with Crippen LogP contribution in [0.4, 0.5) is 0 Å². The highest BCUT2D eigenvalue weighted by Crippen LogP contribution is 2.22. The molecule has 1 aromatic carbocycles. The molecule has 1 aromatic rings. The maximum atomic E-state index is 11.7. The molecule has 1 rings (SSSR count). The van der Waals surface area contributed by atoms with Gasteiger partial charge in [-0.25, -0.2) is 0 Å². The van der Waals surface area contributed by atoms with Crippen LogP contribution >= 0.6 is 11.6 Å². The molecule has 0 aliphatic carbocycles. The molecule has 0 aliphatic rings. The summed E-state index contributed by atoms with van der Waals surface area (Å²) in [6.07, 6.45) is 0.827. The van der Waals surface area contributed by atoms with Gasteiger partial charge in [0.2, 0.25) is 5.91 Å². The monoisotopic (exact) mass is 298 g/mol. The lowest BCUT2D eigenvalue weighted by Crippen LogP contribution is -2.46. The van der Waals surface area contributed by atoms with Crippen LogP contribution in [0.2, 0.25) is 5.02 Å². The number of nitrogens with two attached hydrogens (primary N) is 1. The van der Waals surface area contributed by atoms with E-state index < -0.39 is 6.04 Å². The van der Waals surface area contributed by atoms with Gasteiger partial charge >= 0.3 is 0 Å². The van der Waals surface area contributed by atoms with Gasteiger partial charge < -0.3 is 15.8 Å². The molecule has 4 nitrogen and oxygen atoms in total. The number of nitrogens with one attached hydrogen (secondary N) is 1. The third-order valence-corrected chi connectivity index (χ3v) is 3.23. The Kier molecular flexibility index (Phi) is 6.46. The lowest BCUT2D eigenvalue weighted by molar-refractivity contribution is -0.123. The molecular weight excluding hydrogens is 276 g/mol. The Hall–Kier alpha value is -1.10. The highest BCUT2D eigenvalue weighted by molar-refractivity contribution is 6.30. The zero-order valence-corrected chi connectivity index (χ0v) is 13.0. The van der Waals surface area contributed by atoms with Gasteiger partial charge in [-0.3, -0.25) is 4.79 Å². The van der Waals surface area contributed by atoms with Gasteiger partial charge in [0, 0.05) is 18.7 Å². The van der Waals surface area contributed by atoms with Crippen molar-refractivity contribution >= 4 is 17.5 Å². The number of hydrogen-bond acceptors (Lipinski definition) is 3. The smallest absolute Gasteiger partial charge is 0.239 e. The van der Waals surface area contributed by atoms with Crippen LogP contribution in [0.15, 0.2) is 24.3 Å². The maximum Gasteiger partial charge on any atom is 0.239 e. The van der Waals surface area contributed by atoms with Gasteiger partial charge in [-0.15, -0.1) is 0 Å². The van der Waals surface area contributed by atoms with Gasteiger partial charge in [-0.1, -0.05) is 37.6 Å². The lowest BCUT2D eigenvalue weighted by atomic mass is 9.85. The number of methoxy groups -OCH3 is 1. The normalized spacial score (nSPS) is 13.1. The number of hydrogen-bond donors (Lipinski definition) is 2. The summed E-state index contributed by atoms with van der Waals surface area (Å²) in [5.41, 5.74) is 6.75. The van der Waals surface area contributed by atoms with Crippen LogP contribution < -0.4 is 11.1 Å². The van der Waals surface area contributed by atoms with Crippen molar-refractivity contribution in [1.82, 2.24) is 5.32 Å². The molecule has 0 radical (unpaired) electrons. The van der Waals surface area contributed by atoms with Crippen molar-refractivity contribution in [3.8, 4) is 0 Å². The summed E-state index contributed by atoms with van der Waals surface area (Å²) in [5.74, 6) is -0.189. The van der Waals surface area contributed by atoms with Crippen LogP contribution in [0.5, 0.6) is 0 Å². The Labute approximate surface area is 125 Å². The van der Waals surface area contributed by atoms with Crippen molar-refractivity contribution in [2.24, 2.45) is 11.1 Å². The Balaban J connectivity index is 2.51. The highest BCUT2D eigenvalue weighted by Gasteiger charge is 2.21. The number of amides is 1. The van der Waals surface area contributed by atoms with Crippen LogP contribution in [0, 0.1) is 5.41 Å². The van der Waals surface area contributed by atoms with Crippen molar-refractivity contribution in [3.63, 3.8) is 0 Å². The largest absolute Gasteiger partial charge is 0.383 e. The standard InChI is InChI=1S/C15H23ClN2O2/c1-15(2,8-11-5-4-6-12(16)7-11)10-18-14(19)13(17)9-20-3/h4-7,13H,8-10,17H2,1-3H3,(H,18,19). The van der Waals surface area contributed by atoms with Crippen molar-refractivity contribution in [2.45, 2.75) is 26.3 Å². The first-order chi connectivity index (χ1) is 9.34. The molecule has 0 heterocycles. The second-order valence-corrected chi connectivity index (χ2v) is 6.19. The fourth-order valence-corrected chi connectivity index (χ4v) is 2.19. The number of rotatable bonds is 7. The number of carbonyl (C=O) groups is 1. The molecule has 112 valence electrons. The molecule has 0 aromatic heterocycles. The predicted molar refractivity (Wildman–Crippen MR) is 81.8 cm³/mol. The Bertz CT molecular complexity index is 449. The number of carbonyl (C=O) groups excluding carboxylic acids is 1. The average molecular weight is 299 g/mol. The topological polar surface area (TPSA) is 64.3 Å². The predicted octanol–water partition coefficient (Wildman–Crippen LogP) is 2.00. The van der Waals surface area contributed by atoms with Crippen molar-refractivity contribution < 1.29 is 9.53 Å². The molecule has 1 atom stereocenters. The highest BCUT2D eigenvalue weighted by atomic mass is 35.5. The van der Waals surface area contributed by atoms with E-state index in [4.69, 9.17) is 22.1 Å². The van der Waals surface area contributed by atoms with E-state index in [0.29, 0.717) is 6.54 Å². The molecule has 3 N–H and O–H groups in total. The third kappa shape index (κ3) is 5.90. The third-order valence-electron chi connectivity index (χ3n) is 3.00. The van der Waals surface area contributed by atoms with Gasteiger partial charge in [-0.2, -0.15) is 0 Å². The van der Waals surface area contributed by atoms with Crippen LogP contribution in [-0.2, 0) is 16.0 Å². The minimum absolute atomic E-state index is 0.0763. The van der Waals surface area contributed by atoms with E-state index in [-0.39, 0.29) is 17.9 Å². The summed E-state index contributed by atoms with van der Waals surface area (Å²) in [4.78, 5) is 11.7. The second kappa shape index (κ2) is 7.62. The lowest BCUT2D eigenvalue weighted by Gasteiger charge is -2.26. The molecule has 0 saturated heterocycles. The number of benzene rings is 1. The Morgan fingerprint density at radius 2 is 2.20 bits per heavy atom. The van der Waals surface area contributed by atoms with E-state index in [1.165, 1.54) is 7.11 Å². The molecular formula is C15H23ClN2O2. The quantitative estimate of drug-likeness (QED) is 0.809. The summed E-state index contributed by atoms with van der Waals surface area (Å²) in [7, 11) is 1.52. The fourth-order valence-electron chi connectivity index (χ4n) is 1.97. The SMILES string of the molecule is COCC(N)C(=O)NCC(C)(C)Cc1cccc(Cl)c1. The minimum atomic E-state index is -0.623. The average Bonchev–Trinajstić information content (AvgIpc) is 2.35. The molecule has 1 amide bonds. The maximum absolute atomic E-state index is 11.7. The van der Waals surface area contributed by atoms with Crippen LogP contribution in [0.25, 0.3) is 0 Å². The summed E-state index contributed by atoms with van der Waals surface area (Å²) >= 11 is 5.98. The van der Waals surface area contributed by atoms with Gasteiger partial charge in [0.15, 0.2) is 0 Å². The van der Waals surface area contributed by atoms with Gasteiger partial charge in [0.05, 0.1) is 6.61 Å². The zero-order chi connectivity index (χ0) is 15.2. The van der Waals surface area contributed by atoms with Crippen LogP contribution in [0.1, 0.15) is 19.4 Å². The van der Waals surface area contributed by atoms with E-state index in [0.717, 1.165) is 17.0 Å². The molecule has 0 fully saturated rings. The summed E-state index contributed by atoms with van der Waals surface area (Å²) in [5, 5.41) is 3.59. The van der Waals surface area contributed by atoms with Gasteiger partial charge in [-0.05, 0) is 29.5 Å². The van der Waals surface area contributed by atoms with E-state index in [2.05, 4.69) is 19.2 Å². The van der Waals surface area contributed by atoms with Crippen molar-refractivity contribution in [3.05, 3.63) is 34.9 Å². The first-order valence-electron chi connectivity index (χ1n) is 6.61. The summed E-state index contributed by atoms with van der Waals surface area (Å²) < 4.78 is 4.87. The van der Waals surface area contributed by atoms with Gasteiger partial charge in [0.1, 0.15) is 6.04 Å². The first-order valence-corrected chi connectivity index (χ1v) is 6.98. The number of ether oxygens (including phenoxy) is 1. The van der Waals surface area contributed by atoms with Crippen LogP contribution in [0.3, 0.4) is 0 Å². The Morgan fingerprint density at radius 1 is 1.50 bits per heavy atom. The second-order valence-electron chi connectivity index (χ2n) is 5.75. The first kappa shape index (κ1) is 17.0. The Morgan fingerprint density at radius 3 is 2.80 bits per heavy atom. The molecule has 0 saturated carbocycles. The molecule has 0 bridgehead atoms. The van der Waals surface area contributed by atoms with E-state index in [1.807, 2.05) is 24.3 Å². The fraction of sp³-hybridized carbons (Fsp3) is 0.533. The molecule has 0 aliphatic heterocycles. The van der Waals surface area contributed by atoms with E-state index >= 15 is 0 Å². The van der Waals surface area contributed by atoms with Crippen LogP contribution in [-0.4, -0.2) is 32.2 Å². The summed E-state index contributed by atoms with van der Waals surface area (Å²) in [6.45, 7) is 4.96. The zero-order valence-electron chi connectivity index (χ0n) is 12.3. The molecule has 20 heavy (non-hydrogen) atoms. The van der Waals surface area contributed by atoms with Crippen molar-refractivity contribution in [2.75, 3.05) is 20.3 Å². The molecule has 5 heteroatoms. The van der Waals surface area contributed by atoms with E-state index in [9.17, 15) is 4.79 Å². The van der Waals surface area contributed by atoms with E-state index in [1.54, 1.807) is 0 Å². The molecule has 0 spiro atoms. The van der Waals surface area contributed by atoms with Crippen molar-refractivity contribution in [1.29, 1.82) is 0 Å².